The number of H-pyrrole nitrogens is 1. The minimum Gasteiger partial charge on any atom is -0.351 e. The first-order chi connectivity index (χ1) is 9.13. The van der Waals surface area contributed by atoms with Crippen LogP contribution in [-0.2, 0) is 0 Å². The Morgan fingerprint density at radius 1 is 1.35 bits per heavy atom. The molecule has 0 bridgehead atoms. The van der Waals surface area contributed by atoms with Gasteiger partial charge in [0.1, 0.15) is 5.69 Å². The van der Waals surface area contributed by atoms with Crippen LogP contribution in [0.1, 0.15) is 29.8 Å². The van der Waals surface area contributed by atoms with E-state index >= 15 is 0 Å². The minimum absolute atomic E-state index is 0. The van der Waals surface area contributed by atoms with Crippen molar-refractivity contribution in [1.29, 1.82) is 0 Å². The summed E-state index contributed by atoms with van der Waals surface area (Å²) in [6.45, 7) is 0. The van der Waals surface area contributed by atoms with Gasteiger partial charge >= 0.3 is 0 Å². The molecule has 20 heavy (non-hydrogen) atoms. The fourth-order valence-corrected chi connectivity index (χ4v) is 2.82. The molecule has 0 radical (unpaired) electrons. The summed E-state index contributed by atoms with van der Waals surface area (Å²) in [6.07, 6.45) is 3.01. The van der Waals surface area contributed by atoms with Gasteiger partial charge in [-0.2, -0.15) is 0 Å². The van der Waals surface area contributed by atoms with E-state index < -0.39 is 0 Å². The van der Waals surface area contributed by atoms with E-state index in [9.17, 15) is 4.79 Å². The highest BCUT2D eigenvalue weighted by molar-refractivity contribution is 6.31. The Labute approximate surface area is 128 Å². The zero-order chi connectivity index (χ0) is 13.4. The number of benzene rings is 1. The Hall–Kier alpha value is -1.23. The van der Waals surface area contributed by atoms with E-state index in [-0.39, 0.29) is 30.4 Å². The molecule has 108 valence electrons. The summed E-state index contributed by atoms with van der Waals surface area (Å²) in [6, 6.07) is 7.48. The van der Waals surface area contributed by atoms with Crippen molar-refractivity contribution in [2.24, 2.45) is 5.73 Å². The number of halogens is 2. The highest BCUT2D eigenvalue weighted by Crippen LogP contribution is 2.21. The SMILES string of the molecule is Cl.N[C@H]1CCC[C@H]1NC(=O)c1cc2cc(Cl)ccc2[nH]1. The smallest absolute Gasteiger partial charge is 0.268 e. The Kier molecular flexibility index (Phi) is 4.58. The van der Waals surface area contributed by atoms with Crippen molar-refractivity contribution >= 4 is 40.8 Å². The van der Waals surface area contributed by atoms with Gasteiger partial charge in [0.2, 0.25) is 0 Å². The van der Waals surface area contributed by atoms with Crippen LogP contribution in [0.2, 0.25) is 5.02 Å². The first-order valence-corrected chi connectivity index (χ1v) is 6.86. The van der Waals surface area contributed by atoms with Crippen LogP contribution in [0.4, 0.5) is 0 Å². The molecule has 4 nitrogen and oxygen atoms in total. The van der Waals surface area contributed by atoms with Gasteiger partial charge < -0.3 is 16.0 Å². The van der Waals surface area contributed by atoms with Gasteiger partial charge in [-0.05, 0) is 43.5 Å². The van der Waals surface area contributed by atoms with E-state index in [0.29, 0.717) is 10.7 Å². The number of aromatic amines is 1. The van der Waals surface area contributed by atoms with Crippen molar-refractivity contribution in [2.45, 2.75) is 31.3 Å². The topological polar surface area (TPSA) is 70.9 Å². The molecule has 1 aromatic carbocycles. The number of hydrogen-bond donors (Lipinski definition) is 3. The molecule has 0 spiro atoms. The molecule has 1 amide bonds. The number of nitrogens with one attached hydrogen (secondary N) is 2. The highest BCUT2D eigenvalue weighted by atomic mass is 35.5. The molecule has 2 atom stereocenters. The van der Waals surface area contributed by atoms with Gasteiger partial charge in [0, 0.05) is 28.0 Å². The molecule has 0 saturated heterocycles. The summed E-state index contributed by atoms with van der Waals surface area (Å²) in [7, 11) is 0. The van der Waals surface area contributed by atoms with Crippen LogP contribution in [0.25, 0.3) is 10.9 Å². The van der Waals surface area contributed by atoms with Crippen LogP contribution in [0, 0.1) is 0 Å². The first-order valence-electron chi connectivity index (χ1n) is 6.48. The number of aromatic nitrogens is 1. The number of carbonyl (C=O) groups is 1. The highest BCUT2D eigenvalue weighted by Gasteiger charge is 2.26. The van der Waals surface area contributed by atoms with Crippen LogP contribution >= 0.6 is 24.0 Å². The van der Waals surface area contributed by atoms with Gasteiger partial charge in [-0.1, -0.05) is 11.6 Å². The number of rotatable bonds is 2. The molecular formula is C14H17Cl2N3O. The molecule has 2 aromatic rings. The van der Waals surface area contributed by atoms with Gasteiger partial charge in [-0.15, -0.1) is 12.4 Å². The van der Waals surface area contributed by atoms with E-state index in [2.05, 4.69) is 10.3 Å². The van der Waals surface area contributed by atoms with Gasteiger partial charge in [0.15, 0.2) is 0 Å². The normalized spacial score (nSPS) is 21.7. The number of fused-ring (bicyclic) bond motifs is 1. The Balaban J connectivity index is 0.00000147. The van der Waals surface area contributed by atoms with Crippen molar-refractivity contribution in [2.75, 3.05) is 0 Å². The zero-order valence-corrected chi connectivity index (χ0v) is 12.4. The van der Waals surface area contributed by atoms with Gasteiger partial charge in [-0.3, -0.25) is 4.79 Å². The molecular weight excluding hydrogens is 297 g/mol. The second kappa shape index (κ2) is 6.04. The average molecular weight is 314 g/mol. The van der Waals surface area contributed by atoms with Crippen molar-refractivity contribution < 1.29 is 4.79 Å². The monoisotopic (exact) mass is 313 g/mol. The molecule has 1 heterocycles. The van der Waals surface area contributed by atoms with Gasteiger partial charge in [-0.25, -0.2) is 0 Å². The lowest BCUT2D eigenvalue weighted by Gasteiger charge is -2.16. The van der Waals surface area contributed by atoms with Crippen molar-refractivity contribution in [3.05, 3.63) is 35.0 Å². The lowest BCUT2D eigenvalue weighted by Crippen LogP contribution is -2.44. The lowest BCUT2D eigenvalue weighted by molar-refractivity contribution is 0.0930. The summed E-state index contributed by atoms with van der Waals surface area (Å²) in [4.78, 5) is 15.3. The second-order valence-electron chi connectivity index (χ2n) is 5.09. The molecule has 1 saturated carbocycles. The number of carbonyl (C=O) groups excluding carboxylic acids is 1. The maximum atomic E-state index is 12.2. The number of nitrogens with two attached hydrogens (primary N) is 1. The van der Waals surface area contributed by atoms with Crippen molar-refractivity contribution in [3.8, 4) is 0 Å². The lowest BCUT2D eigenvalue weighted by atomic mass is 10.2. The fraction of sp³-hybridized carbons (Fsp3) is 0.357. The van der Waals surface area contributed by atoms with E-state index in [4.69, 9.17) is 17.3 Å². The Morgan fingerprint density at radius 2 is 2.15 bits per heavy atom. The van der Waals surface area contributed by atoms with E-state index in [1.807, 2.05) is 18.2 Å². The average Bonchev–Trinajstić information content (AvgIpc) is 2.96. The van der Waals surface area contributed by atoms with Gasteiger partial charge in [0.25, 0.3) is 5.91 Å². The molecule has 0 aliphatic heterocycles. The summed E-state index contributed by atoms with van der Waals surface area (Å²) >= 11 is 5.93. The fourth-order valence-electron chi connectivity index (χ4n) is 2.64. The predicted molar refractivity (Wildman–Crippen MR) is 83.6 cm³/mol. The maximum absolute atomic E-state index is 12.2. The zero-order valence-electron chi connectivity index (χ0n) is 10.9. The Morgan fingerprint density at radius 3 is 2.85 bits per heavy atom. The van der Waals surface area contributed by atoms with Crippen LogP contribution < -0.4 is 11.1 Å². The second-order valence-corrected chi connectivity index (χ2v) is 5.53. The minimum atomic E-state index is -0.102. The molecule has 3 rings (SSSR count). The summed E-state index contributed by atoms with van der Waals surface area (Å²) < 4.78 is 0. The summed E-state index contributed by atoms with van der Waals surface area (Å²) in [5.74, 6) is -0.102. The largest absolute Gasteiger partial charge is 0.351 e. The quantitative estimate of drug-likeness (QED) is 0.797. The molecule has 4 N–H and O–H groups in total. The molecule has 1 aliphatic carbocycles. The first kappa shape index (κ1) is 15.2. The molecule has 6 heteroatoms. The number of amides is 1. The third-order valence-electron chi connectivity index (χ3n) is 3.71. The maximum Gasteiger partial charge on any atom is 0.268 e. The van der Waals surface area contributed by atoms with Crippen LogP contribution in [0.3, 0.4) is 0 Å². The van der Waals surface area contributed by atoms with E-state index in [0.717, 1.165) is 30.2 Å². The third kappa shape index (κ3) is 2.92. The predicted octanol–water partition coefficient (Wildman–Crippen LogP) is 2.85. The Bertz CT molecular complexity index is 626. The van der Waals surface area contributed by atoms with E-state index in [1.54, 1.807) is 6.07 Å². The van der Waals surface area contributed by atoms with E-state index in [1.165, 1.54) is 0 Å². The standard InChI is InChI=1S/C14H16ClN3O.ClH/c15-9-4-5-11-8(6-9)7-13(17-11)14(19)18-12-3-1-2-10(12)16;/h4-7,10,12,17H,1-3,16H2,(H,18,19);1H/t10-,12+;/m0./s1. The van der Waals surface area contributed by atoms with Crippen LogP contribution in [0.5, 0.6) is 0 Å². The van der Waals surface area contributed by atoms with Crippen LogP contribution in [-0.4, -0.2) is 23.0 Å². The molecule has 1 fully saturated rings. The van der Waals surface area contributed by atoms with Crippen LogP contribution in [0.15, 0.2) is 24.3 Å². The molecule has 1 aliphatic rings. The third-order valence-corrected chi connectivity index (χ3v) is 3.95. The van der Waals surface area contributed by atoms with Crippen molar-refractivity contribution in [3.63, 3.8) is 0 Å². The molecule has 1 aromatic heterocycles. The summed E-state index contributed by atoms with van der Waals surface area (Å²) in [5.41, 5.74) is 7.42. The van der Waals surface area contributed by atoms with Gasteiger partial charge in [0.05, 0.1) is 0 Å². The van der Waals surface area contributed by atoms with Crippen molar-refractivity contribution in [1.82, 2.24) is 10.3 Å². The number of hydrogen-bond acceptors (Lipinski definition) is 2. The molecule has 0 unspecified atom stereocenters. The summed E-state index contributed by atoms with van der Waals surface area (Å²) in [5, 5.41) is 4.59.